The van der Waals surface area contributed by atoms with E-state index in [1.165, 1.54) is 36.5 Å². The molecular formula is C22H23FN2O. The van der Waals surface area contributed by atoms with Gasteiger partial charge in [0, 0.05) is 17.3 Å². The van der Waals surface area contributed by atoms with Crippen molar-refractivity contribution in [2.24, 2.45) is 0 Å². The molecule has 0 amide bonds. The van der Waals surface area contributed by atoms with Crippen molar-refractivity contribution in [3.05, 3.63) is 65.1 Å². The minimum Gasteiger partial charge on any atom is -0.356 e. The molecule has 1 aromatic heterocycles. The summed E-state index contributed by atoms with van der Waals surface area (Å²) in [6.45, 7) is 2.17. The Bertz CT molecular complexity index is 927. The van der Waals surface area contributed by atoms with E-state index in [2.05, 4.69) is 34.3 Å². The van der Waals surface area contributed by atoms with Crippen LogP contribution < -0.4 is 0 Å². The molecule has 0 saturated carbocycles. The van der Waals surface area contributed by atoms with Gasteiger partial charge < -0.3 is 9.42 Å². The van der Waals surface area contributed by atoms with Gasteiger partial charge in [-0.1, -0.05) is 29.4 Å². The van der Waals surface area contributed by atoms with Crippen molar-refractivity contribution < 1.29 is 8.91 Å². The maximum atomic E-state index is 13.6. The molecule has 1 atom stereocenters. The Kier molecular flexibility index (Phi) is 4.01. The highest BCUT2D eigenvalue weighted by Gasteiger charge is 2.30. The average molecular weight is 350 g/mol. The fraction of sp³-hybridized carbons (Fsp3) is 0.409. The van der Waals surface area contributed by atoms with Crippen LogP contribution in [-0.2, 0) is 12.8 Å². The Hall–Kier alpha value is -2.20. The summed E-state index contributed by atoms with van der Waals surface area (Å²) >= 11 is 0. The molecule has 1 aliphatic heterocycles. The lowest BCUT2D eigenvalue weighted by atomic mass is 9.85. The highest BCUT2D eigenvalue weighted by atomic mass is 19.1. The topological polar surface area (TPSA) is 29.3 Å². The Morgan fingerprint density at radius 1 is 1.00 bits per heavy atom. The number of benzene rings is 2. The predicted molar refractivity (Wildman–Crippen MR) is 99.8 cm³/mol. The van der Waals surface area contributed by atoms with Crippen LogP contribution in [0.4, 0.5) is 4.39 Å². The first-order chi connectivity index (χ1) is 12.8. The average Bonchev–Trinajstić information content (AvgIpc) is 3.11. The quantitative estimate of drug-likeness (QED) is 0.671. The second-order valence-corrected chi connectivity index (χ2v) is 7.68. The van der Waals surface area contributed by atoms with E-state index in [0.29, 0.717) is 17.5 Å². The standard InChI is InChI=1S/C22H23FN2O/c23-18-6-8-21-20(14-18)22(24-26-21)16-9-11-25(12-10-16)19-7-5-15-3-1-2-4-17(15)13-19/h1-4,6,8,14,16,19H,5,7,9-13H2. The normalized spacial score (nSPS) is 21.8. The van der Waals surface area contributed by atoms with Crippen LogP contribution in [-0.4, -0.2) is 29.2 Å². The van der Waals surface area contributed by atoms with Crippen LogP contribution in [0.25, 0.3) is 11.0 Å². The molecule has 1 saturated heterocycles. The maximum absolute atomic E-state index is 13.6. The summed E-state index contributed by atoms with van der Waals surface area (Å²) in [5.41, 5.74) is 4.67. The van der Waals surface area contributed by atoms with Crippen molar-refractivity contribution in [1.82, 2.24) is 10.1 Å². The molecule has 2 aliphatic rings. The van der Waals surface area contributed by atoms with Crippen molar-refractivity contribution in [3.63, 3.8) is 0 Å². The van der Waals surface area contributed by atoms with Gasteiger partial charge in [0.2, 0.25) is 0 Å². The first-order valence-electron chi connectivity index (χ1n) is 9.63. The number of piperidine rings is 1. The molecule has 1 unspecified atom stereocenters. The number of fused-ring (bicyclic) bond motifs is 2. The lowest BCUT2D eigenvalue weighted by molar-refractivity contribution is 0.138. The summed E-state index contributed by atoms with van der Waals surface area (Å²) in [7, 11) is 0. The molecule has 0 N–H and O–H groups in total. The number of aromatic nitrogens is 1. The predicted octanol–water partition coefficient (Wildman–Crippen LogP) is 4.70. The van der Waals surface area contributed by atoms with Gasteiger partial charge in [-0.05, 0) is 74.5 Å². The zero-order valence-electron chi connectivity index (χ0n) is 14.8. The summed E-state index contributed by atoms with van der Waals surface area (Å²) in [6.07, 6.45) is 5.74. The van der Waals surface area contributed by atoms with Gasteiger partial charge in [0.05, 0.1) is 5.69 Å². The van der Waals surface area contributed by atoms with E-state index < -0.39 is 0 Å². The third kappa shape index (κ3) is 2.82. The molecule has 0 spiro atoms. The fourth-order valence-corrected chi connectivity index (χ4v) is 4.75. The molecule has 26 heavy (non-hydrogen) atoms. The summed E-state index contributed by atoms with van der Waals surface area (Å²) in [4.78, 5) is 2.65. The number of likely N-dealkylation sites (tertiary alicyclic amines) is 1. The Morgan fingerprint density at radius 2 is 1.81 bits per heavy atom. The largest absolute Gasteiger partial charge is 0.356 e. The van der Waals surface area contributed by atoms with Gasteiger partial charge in [0.15, 0.2) is 5.58 Å². The smallest absolute Gasteiger partial charge is 0.167 e. The highest BCUT2D eigenvalue weighted by Crippen LogP contribution is 2.35. The van der Waals surface area contributed by atoms with Gasteiger partial charge >= 0.3 is 0 Å². The molecular weight excluding hydrogens is 327 g/mol. The lowest BCUT2D eigenvalue weighted by Crippen LogP contribution is -2.43. The molecule has 3 aromatic rings. The lowest BCUT2D eigenvalue weighted by Gasteiger charge is -2.39. The summed E-state index contributed by atoms with van der Waals surface area (Å²) in [5, 5.41) is 5.11. The first kappa shape index (κ1) is 16.0. The molecule has 2 heterocycles. The van der Waals surface area contributed by atoms with E-state index in [9.17, 15) is 4.39 Å². The van der Waals surface area contributed by atoms with Gasteiger partial charge in [-0.15, -0.1) is 0 Å². The van der Waals surface area contributed by atoms with Crippen LogP contribution >= 0.6 is 0 Å². The van der Waals surface area contributed by atoms with Crippen molar-refractivity contribution in [3.8, 4) is 0 Å². The number of nitrogens with zero attached hydrogens (tertiary/aromatic N) is 2. The second kappa shape index (κ2) is 6.51. The van der Waals surface area contributed by atoms with Crippen molar-refractivity contribution in [2.75, 3.05) is 13.1 Å². The monoisotopic (exact) mass is 350 g/mol. The fourth-order valence-electron chi connectivity index (χ4n) is 4.75. The van der Waals surface area contributed by atoms with Gasteiger partial charge in [0.1, 0.15) is 5.82 Å². The van der Waals surface area contributed by atoms with E-state index in [1.807, 2.05) is 0 Å². The Balaban J connectivity index is 1.28. The zero-order chi connectivity index (χ0) is 17.5. The SMILES string of the molecule is Fc1ccc2onc(C3CCN(C4CCc5ccccc5C4)CC3)c2c1. The van der Waals surface area contributed by atoms with Crippen LogP contribution in [0.15, 0.2) is 47.0 Å². The molecule has 0 bridgehead atoms. The second-order valence-electron chi connectivity index (χ2n) is 7.68. The van der Waals surface area contributed by atoms with Crippen LogP contribution in [0.5, 0.6) is 0 Å². The van der Waals surface area contributed by atoms with Crippen LogP contribution in [0, 0.1) is 5.82 Å². The maximum Gasteiger partial charge on any atom is 0.167 e. The molecule has 4 heteroatoms. The van der Waals surface area contributed by atoms with Crippen molar-refractivity contribution >= 4 is 11.0 Å². The molecule has 3 nitrogen and oxygen atoms in total. The van der Waals surface area contributed by atoms with Crippen LogP contribution in [0.1, 0.15) is 42.0 Å². The van der Waals surface area contributed by atoms with Gasteiger partial charge in [-0.3, -0.25) is 0 Å². The number of hydrogen-bond acceptors (Lipinski definition) is 3. The summed E-state index contributed by atoms with van der Waals surface area (Å²) < 4.78 is 19.0. The van der Waals surface area contributed by atoms with Gasteiger partial charge in [-0.2, -0.15) is 0 Å². The van der Waals surface area contributed by atoms with E-state index >= 15 is 0 Å². The van der Waals surface area contributed by atoms with Crippen molar-refractivity contribution in [1.29, 1.82) is 0 Å². The Labute approximate surface area is 152 Å². The highest BCUT2D eigenvalue weighted by molar-refractivity contribution is 5.79. The molecule has 0 radical (unpaired) electrons. The van der Waals surface area contributed by atoms with Crippen LogP contribution in [0.3, 0.4) is 0 Å². The van der Waals surface area contributed by atoms with Crippen molar-refractivity contribution in [2.45, 2.75) is 44.1 Å². The minimum absolute atomic E-state index is 0.222. The minimum atomic E-state index is -0.222. The van der Waals surface area contributed by atoms with E-state index in [0.717, 1.165) is 37.0 Å². The Morgan fingerprint density at radius 3 is 2.65 bits per heavy atom. The number of rotatable bonds is 2. The first-order valence-corrected chi connectivity index (χ1v) is 9.63. The number of hydrogen-bond donors (Lipinski definition) is 0. The van der Waals surface area contributed by atoms with E-state index in [4.69, 9.17) is 4.52 Å². The van der Waals surface area contributed by atoms with E-state index in [1.54, 1.807) is 12.1 Å². The third-order valence-corrected chi connectivity index (χ3v) is 6.21. The molecule has 2 aromatic carbocycles. The summed E-state index contributed by atoms with van der Waals surface area (Å²) in [5.74, 6) is 0.144. The molecule has 5 rings (SSSR count). The van der Waals surface area contributed by atoms with E-state index in [-0.39, 0.29) is 5.82 Å². The summed E-state index contributed by atoms with van der Waals surface area (Å²) in [6, 6.07) is 14.2. The number of aryl methyl sites for hydroxylation is 1. The zero-order valence-corrected chi connectivity index (χ0v) is 14.8. The van der Waals surface area contributed by atoms with Crippen LogP contribution in [0.2, 0.25) is 0 Å². The molecule has 134 valence electrons. The molecule has 1 aliphatic carbocycles. The van der Waals surface area contributed by atoms with Gasteiger partial charge in [-0.25, -0.2) is 4.39 Å². The third-order valence-electron chi connectivity index (χ3n) is 6.21. The number of halogens is 1. The molecule has 1 fully saturated rings. The van der Waals surface area contributed by atoms with Gasteiger partial charge in [0.25, 0.3) is 0 Å².